The van der Waals surface area contributed by atoms with Crippen molar-refractivity contribution in [1.82, 2.24) is 5.32 Å². The fraction of sp³-hybridized carbons (Fsp3) is 1.00. The Morgan fingerprint density at radius 2 is 1.79 bits per heavy atom. The maximum atomic E-state index is 9.31. The number of hydrogen-bond donors (Lipinski definition) is 3. The van der Waals surface area contributed by atoms with Crippen LogP contribution in [0.2, 0.25) is 0 Å². The molecule has 0 aliphatic carbocycles. The molecule has 0 spiro atoms. The lowest BCUT2D eigenvalue weighted by atomic mass is 9.83. The van der Waals surface area contributed by atoms with Gasteiger partial charge in [0, 0.05) is 25.2 Å². The van der Waals surface area contributed by atoms with Crippen LogP contribution in [0.25, 0.3) is 0 Å². The summed E-state index contributed by atoms with van der Waals surface area (Å²) in [5, 5.41) is 21.5. The average molecular weight is 203 g/mol. The Morgan fingerprint density at radius 3 is 2.14 bits per heavy atom. The summed E-state index contributed by atoms with van der Waals surface area (Å²) in [5.41, 5.74) is 0.0230. The second kappa shape index (κ2) is 7.21. The van der Waals surface area contributed by atoms with E-state index in [1.54, 1.807) is 0 Å². The number of aliphatic hydroxyl groups excluding tert-OH is 2. The van der Waals surface area contributed by atoms with E-state index in [4.69, 9.17) is 5.11 Å². The lowest BCUT2D eigenvalue weighted by Crippen LogP contribution is -2.38. The van der Waals surface area contributed by atoms with Gasteiger partial charge in [-0.3, -0.25) is 0 Å². The molecule has 0 rings (SSSR count). The molecular formula is C11H25NO2. The number of aliphatic hydroxyl groups is 2. The molecule has 0 bridgehead atoms. The van der Waals surface area contributed by atoms with Gasteiger partial charge in [0.1, 0.15) is 0 Å². The topological polar surface area (TPSA) is 52.5 Å². The Hall–Kier alpha value is -0.120. The van der Waals surface area contributed by atoms with Gasteiger partial charge in [-0.05, 0) is 25.3 Å². The molecule has 3 nitrogen and oxygen atoms in total. The molecule has 0 fully saturated rings. The van der Waals surface area contributed by atoms with E-state index >= 15 is 0 Å². The lowest BCUT2D eigenvalue weighted by molar-refractivity contribution is 0.110. The van der Waals surface area contributed by atoms with E-state index in [1.807, 2.05) is 6.92 Å². The van der Waals surface area contributed by atoms with Crippen LogP contribution in [-0.2, 0) is 0 Å². The van der Waals surface area contributed by atoms with Crippen molar-refractivity contribution in [2.75, 3.05) is 26.3 Å². The largest absolute Gasteiger partial charge is 0.396 e. The highest BCUT2D eigenvalue weighted by molar-refractivity contribution is 4.78. The molecule has 1 unspecified atom stereocenters. The quantitative estimate of drug-likeness (QED) is 0.552. The van der Waals surface area contributed by atoms with Crippen LogP contribution >= 0.6 is 0 Å². The van der Waals surface area contributed by atoms with Crippen molar-refractivity contribution in [2.45, 2.75) is 33.6 Å². The summed E-state index contributed by atoms with van der Waals surface area (Å²) >= 11 is 0. The van der Waals surface area contributed by atoms with Crippen molar-refractivity contribution in [1.29, 1.82) is 0 Å². The van der Waals surface area contributed by atoms with Gasteiger partial charge in [0.2, 0.25) is 0 Å². The first-order chi connectivity index (χ1) is 6.64. The Bertz CT molecular complexity index is 127. The monoisotopic (exact) mass is 203 g/mol. The summed E-state index contributed by atoms with van der Waals surface area (Å²) in [6, 6.07) is 0. The zero-order valence-electron chi connectivity index (χ0n) is 9.71. The molecule has 0 saturated heterocycles. The third-order valence-electron chi connectivity index (χ3n) is 3.14. The molecular weight excluding hydrogens is 178 g/mol. The fourth-order valence-electron chi connectivity index (χ4n) is 1.43. The van der Waals surface area contributed by atoms with Crippen molar-refractivity contribution in [3.63, 3.8) is 0 Å². The molecule has 0 radical (unpaired) electrons. The maximum absolute atomic E-state index is 9.31. The Morgan fingerprint density at radius 1 is 1.21 bits per heavy atom. The summed E-state index contributed by atoms with van der Waals surface area (Å²) in [6.07, 6.45) is 1.97. The predicted octanol–water partition coefficient (Wildman–Crippen LogP) is 1.00. The molecule has 0 saturated carbocycles. The predicted molar refractivity (Wildman–Crippen MR) is 59.2 cm³/mol. The van der Waals surface area contributed by atoms with Gasteiger partial charge in [-0.15, -0.1) is 0 Å². The van der Waals surface area contributed by atoms with Gasteiger partial charge < -0.3 is 15.5 Å². The molecule has 86 valence electrons. The van der Waals surface area contributed by atoms with Crippen LogP contribution < -0.4 is 5.32 Å². The summed E-state index contributed by atoms with van der Waals surface area (Å²) in [7, 11) is 0. The van der Waals surface area contributed by atoms with Crippen LogP contribution in [0.5, 0.6) is 0 Å². The zero-order valence-corrected chi connectivity index (χ0v) is 9.71. The van der Waals surface area contributed by atoms with Gasteiger partial charge in [-0.1, -0.05) is 20.8 Å². The first kappa shape index (κ1) is 13.9. The molecule has 0 aromatic carbocycles. The molecule has 0 amide bonds. The molecule has 3 heteroatoms. The molecule has 0 aromatic heterocycles. The fourth-order valence-corrected chi connectivity index (χ4v) is 1.43. The second-order valence-electron chi connectivity index (χ2n) is 4.28. The number of rotatable bonds is 8. The van der Waals surface area contributed by atoms with Gasteiger partial charge in [-0.25, -0.2) is 0 Å². The highest BCUT2D eigenvalue weighted by atomic mass is 16.3. The highest BCUT2D eigenvalue weighted by Crippen LogP contribution is 2.24. The van der Waals surface area contributed by atoms with Crippen molar-refractivity contribution in [3.8, 4) is 0 Å². The van der Waals surface area contributed by atoms with Gasteiger partial charge >= 0.3 is 0 Å². The maximum Gasteiger partial charge on any atom is 0.0499 e. The molecule has 0 aliphatic heterocycles. The van der Waals surface area contributed by atoms with Crippen molar-refractivity contribution >= 4 is 0 Å². The van der Waals surface area contributed by atoms with Crippen LogP contribution in [0, 0.1) is 11.3 Å². The smallest absolute Gasteiger partial charge is 0.0499 e. The van der Waals surface area contributed by atoms with Crippen LogP contribution in [0.15, 0.2) is 0 Å². The molecule has 1 atom stereocenters. The third kappa shape index (κ3) is 4.40. The van der Waals surface area contributed by atoms with E-state index in [2.05, 4.69) is 19.2 Å². The number of nitrogens with one attached hydrogen (secondary N) is 1. The SMILES string of the molecule is CCC(CC)(CO)CNCC(C)CO. The van der Waals surface area contributed by atoms with E-state index in [0.29, 0.717) is 5.92 Å². The minimum absolute atomic E-state index is 0.0230. The van der Waals surface area contributed by atoms with Gasteiger partial charge in [0.25, 0.3) is 0 Å². The highest BCUT2D eigenvalue weighted by Gasteiger charge is 2.24. The molecule has 3 N–H and O–H groups in total. The van der Waals surface area contributed by atoms with E-state index in [9.17, 15) is 5.11 Å². The molecule has 0 aliphatic rings. The van der Waals surface area contributed by atoms with E-state index < -0.39 is 0 Å². The van der Waals surface area contributed by atoms with Crippen LogP contribution in [-0.4, -0.2) is 36.5 Å². The third-order valence-corrected chi connectivity index (χ3v) is 3.14. The minimum atomic E-state index is 0.0230. The normalized spacial score (nSPS) is 14.4. The standard InChI is InChI=1S/C11H25NO2/c1-4-11(5-2,9-14)8-12-6-10(3)7-13/h10,12-14H,4-9H2,1-3H3. The summed E-state index contributed by atoms with van der Waals surface area (Å²) < 4.78 is 0. The Labute approximate surface area is 87.5 Å². The average Bonchev–Trinajstić information content (AvgIpc) is 2.25. The van der Waals surface area contributed by atoms with Gasteiger partial charge in [-0.2, -0.15) is 0 Å². The summed E-state index contributed by atoms with van der Waals surface area (Å²) in [5.74, 6) is 0.292. The first-order valence-electron chi connectivity index (χ1n) is 5.56. The minimum Gasteiger partial charge on any atom is -0.396 e. The van der Waals surface area contributed by atoms with Crippen molar-refractivity contribution < 1.29 is 10.2 Å². The molecule has 0 heterocycles. The van der Waals surface area contributed by atoms with Gasteiger partial charge in [0.05, 0.1) is 0 Å². The van der Waals surface area contributed by atoms with E-state index in [1.165, 1.54) is 0 Å². The lowest BCUT2D eigenvalue weighted by Gasteiger charge is -2.30. The van der Waals surface area contributed by atoms with Gasteiger partial charge in [0.15, 0.2) is 0 Å². The second-order valence-corrected chi connectivity index (χ2v) is 4.28. The zero-order chi connectivity index (χ0) is 11.0. The van der Waals surface area contributed by atoms with Crippen molar-refractivity contribution in [3.05, 3.63) is 0 Å². The first-order valence-corrected chi connectivity index (χ1v) is 5.56. The van der Waals surface area contributed by atoms with E-state index in [-0.39, 0.29) is 18.6 Å². The van der Waals surface area contributed by atoms with Crippen LogP contribution in [0.4, 0.5) is 0 Å². The molecule has 14 heavy (non-hydrogen) atoms. The molecule has 0 aromatic rings. The summed E-state index contributed by atoms with van der Waals surface area (Å²) in [4.78, 5) is 0. The van der Waals surface area contributed by atoms with Crippen LogP contribution in [0.1, 0.15) is 33.6 Å². The van der Waals surface area contributed by atoms with Crippen molar-refractivity contribution in [2.24, 2.45) is 11.3 Å². The Balaban J connectivity index is 3.82. The van der Waals surface area contributed by atoms with Crippen LogP contribution in [0.3, 0.4) is 0 Å². The van der Waals surface area contributed by atoms with E-state index in [0.717, 1.165) is 25.9 Å². The summed E-state index contributed by atoms with van der Waals surface area (Å²) in [6.45, 7) is 8.33. The number of hydrogen-bond acceptors (Lipinski definition) is 3. The Kier molecular flexibility index (Phi) is 7.15.